The van der Waals surface area contributed by atoms with Gasteiger partial charge in [0.05, 0.1) is 16.9 Å². The quantitative estimate of drug-likeness (QED) is 0.723. The van der Waals surface area contributed by atoms with Gasteiger partial charge in [0.15, 0.2) is 0 Å². The fourth-order valence-corrected chi connectivity index (χ4v) is 3.55. The van der Waals surface area contributed by atoms with Gasteiger partial charge in [-0.2, -0.15) is 11.8 Å². The van der Waals surface area contributed by atoms with Gasteiger partial charge in [-0.15, -0.1) is 0 Å². The standard InChI is InChI=1S/C16H20N2O4S2/c1-18(2)24(20,21)15-7-5-13(6-8-15)16(19)17-9-11-23-12-14-4-3-10-22-14/h3-8,10H,9,11-12H2,1-2H3,(H,17,19). The SMILES string of the molecule is CN(C)S(=O)(=O)c1ccc(C(=O)NCCSCc2ccco2)cc1. The Morgan fingerprint density at radius 1 is 1.21 bits per heavy atom. The van der Waals surface area contributed by atoms with Crippen molar-refractivity contribution < 1.29 is 17.6 Å². The molecule has 0 aliphatic heterocycles. The number of carbonyl (C=O) groups excluding carboxylic acids is 1. The Bertz CT molecular complexity index is 754. The Morgan fingerprint density at radius 2 is 1.92 bits per heavy atom. The van der Waals surface area contributed by atoms with Crippen molar-refractivity contribution >= 4 is 27.7 Å². The third-order valence-electron chi connectivity index (χ3n) is 3.25. The molecule has 130 valence electrons. The third-order valence-corrected chi connectivity index (χ3v) is 6.06. The Kier molecular flexibility index (Phi) is 6.47. The van der Waals surface area contributed by atoms with Crippen LogP contribution in [0.1, 0.15) is 16.1 Å². The zero-order valence-corrected chi connectivity index (χ0v) is 15.2. The van der Waals surface area contributed by atoms with Crippen LogP contribution in [-0.2, 0) is 15.8 Å². The molecule has 0 radical (unpaired) electrons. The maximum atomic E-state index is 12.0. The van der Waals surface area contributed by atoms with Gasteiger partial charge >= 0.3 is 0 Å². The summed E-state index contributed by atoms with van der Waals surface area (Å²) in [7, 11) is -0.539. The summed E-state index contributed by atoms with van der Waals surface area (Å²) >= 11 is 1.66. The lowest BCUT2D eigenvalue weighted by molar-refractivity contribution is 0.0956. The normalized spacial score (nSPS) is 11.6. The van der Waals surface area contributed by atoms with Crippen LogP contribution >= 0.6 is 11.8 Å². The average Bonchev–Trinajstić information content (AvgIpc) is 3.07. The van der Waals surface area contributed by atoms with Crippen molar-refractivity contribution in [2.45, 2.75) is 10.6 Å². The van der Waals surface area contributed by atoms with Crippen LogP contribution in [0.15, 0.2) is 52.0 Å². The van der Waals surface area contributed by atoms with E-state index in [9.17, 15) is 13.2 Å². The molecule has 8 heteroatoms. The molecule has 0 bridgehead atoms. The minimum atomic E-state index is -3.48. The fraction of sp³-hybridized carbons (Fsp3) is 0.312. The van der Waals surface area contributed by atoms with E-state index in [1.807, 2.05) is 12.1 Å². The van der Waals surface area contributed by atoms with Crippen LogP contribution in [0.3, 0.4) is 0 Å². The number of rotatable bonds is 8. The molecule has 1 aromatic carbocycles. The predicted octanol–water partition coefficient (Wildman–Crippen LogP) is 2.19. The molecule has 0 unspecified atom stereocenters. The number of thioether (sulfide) groups is 1. The van der Waals surface area contributed by atoms with Crippen molar-refractivity contribution in [2.24, 2.45) is 0 Å². The summed E-state index contributed by atoms with van der Waals surface area (Å²) in [6, 6.07) is 9.67. The van der Waals surface area contributed by atoms with Crippen molar-refractivity contribution in [3.8, 4) is 0 Å². The molecule has 2 rings (SSSR count). The largest absolute Gasteiger partial charge is 0.468 e. The smallest absolute Gasteiger partial charge is 0.251 e. The van der Waals surface area contributed by atoms with Gasteiger partial charge in [0.25, 0.3) is 5.91 Å². The lowest BCUT2D eigenvalue weighted by Gasteiger charge is -2.11. The highest BCUT2D eigenvalue weighted by Gasteiger charge is 2.17. The number of hydrogen-bond acceptors (Lipinski definition) is 5. The molecule has 1 aromatic heterocycles. The molecule has 1 heterocycles. The molecule has 0 saturated heterocycles. The van der Waals surface area contributed by atoms with Crippen LogP contribution in [0, 0.1) is 0 Å². The van der Waals surface area contributed by atoms with Crippen molar-refractivity contribution in [3.63, 3.8) is 0 Å². The maximum Gasteiger partial charge on any atom is 0.251 e. The number of furan rings is 1. The van der Waals surface area contributed by atoms with E-state index in [1.165, 1.54) is 38.4 Å². The van der Waals surface area contributed by atoms with Crippen molar-refractivity contribution in [2.75, 3.05) is 26.4 Å². The molecule has 0 aliphatic rings. The molecule has 1 amide bonds. The fourth-order valence-electron chi connectivity index (χ4n) is 1.90. The summed E-state index contributed by atoms with van der Waals surface area (Å²) in [5.74, 6) is 2.21. The summed E-state index contributed by atoms with van der Waals surface area (Å²) in [4.78, 5) is 12.2. The zero-order valence-electron chi connectivity index (χ0n) is 13.6. The molecule has 24 heavy (non-hydrogen) atoms. The van der Waals surface area contributed by atoms with Crippen LogP contribution in [0.25, 0.3) is 0 Å². The van der Waals surface area contributed by atoms with E-state index < -0.39 is 10.0 Å². The number of sulfonamides is 1. The summed E-state index contributed by atoms with van der Waals surface area (Å²) in [5, 5.41) is 2.81. The molecular weight excluding hydrogens is 348 g/mol. The molecule has 0 aliphatic carbocycles. The number of carbonyl (C=O) groups is 1. The van der Waals surface area contributed by atoms with Crippen molar-refractivity contribution in [1.82, 2.24) is 9.62 Å². The monoisotopic (exact) mass is 368 g/mol. The maximum absolute atomic E-state index is 12.0. The van der Waals surface area contributed by atoms with Gasteiger partial charge in [-0.05, 0) is 36.4 Å². The first-order valence-corrected chi connectivity index (χ1v) is 9.91. The molecule has 6 nitrogen and oxygen atoms in total. The van der Waals surface area contributed by atoms with Crippen LogP contribution < -0.4 is 5.32 Å². The van der Waals surface area contributed by atoms with Gasteiger partial charge in [0, 0.05) is 32.0 Å². The number of amides is 1. The number of benzene rings is 1. The Morgan fingerprint density at radius 3 is 2.50 bits per heavy atom. The third kappa shape index (κ3) is 4.86. The summed E-state index contributed by atoms with van der Waals surface area (Å²) in [6.45, 7) is 0.530. The van der Waals surface area contributed by atoms with Gasteiger partial charge < -0.3 is 9.73 Å². The van der Waals surface area contributed by atoms with Gasteiger partial charge in [-0.3, -0.25) is 4.79 Å². The molecule has 0 spiro atoms. The van der Waals surface area contributed by atoms with Crippen LogP contribution in [-0.4, -0.2) is 45.0 Å². The molecular formula is C16H20N2O4S2. The topological polar surface area (TPSA) is 79.6 Å². The van der Waals surface area contributed by atoms with Gasteiger partial charge in [0.2, 0.25) is 10.0 Å². The second-order valence-corrected chi connectivity index (χ2v) is 8.46. The highest BCUT2D eigenvalue weighted by molar-refractivity contribution is 7.98. The summed E-state index contributed by atoms with van der Waals surface area (Å²) in [5.41, 5.74) is 0.434. The lowest BCUT2D eigenvalue weighted by Crippen LogP contribution is -2.26. The van der Waals surface area contributed by atoms with Crippen molar-refractivity contribution in [1.29, 1.82) is 0 Å². The molecule has 0 saturated carbocycles. The lowest BCUT2D eigenvalue weighted by atomic mass is 10.2. The average molecular weight is 368 g/mol. The van der Waals surface area contributed by atoms with Gasteiger partial charge in [-0.1, -0.05) is 0 Å². The Hall–Kier alpha value is -1.77. The zero-order chi connectivity index (χ0) is 17.6. The van der Waals surface area contributed by atoms with E-state index in [-0.39, 0.29) is 10.8 Å². The van der Waals surface area contributed by atoms with E-state index in [4.69, 9.17) is 4.42 Å². The first-order valence-electron chi connectivity index (χ1n) is 7.32. The van der Waals surface area contributed by atoms with E-state index in [2.05, 4.69) is 5.32 Å². The van der Waals surface area contributed by atoms with Crippen molar-refractivity contribution in [3.05, 3.63) is 54.0 Å². The second-order valence-electron chi connectivity index (χ2n) is 5.20. The first-order chi connectivity index (χ1) is 11.4. The Balaban J connectivity index is 1.80. The van der Waals surface area contributed by atoms with Gasteiger partial charge in [0.1, 0.15) is 5.76 Å². The van der Waals surface area contributed by atoms with Gasteiger partial charge in [-0.25, -0.2) is 12.7 Å². The second kappa shape index (κ2) is 8.36. The van der Waals surface area contributed by atoms with E-state index in [1.54, 1.807) is 18.0 Å². The summed E-state index contributed by atoms with van der Waals surface area (Å²) in [6.07, 6.45) is 1.64. The number of nitrogens with zero attached hydrogens (tertiary/aromatic N) is 1. The molecule has 2 aromatic rings. The van der Waals surface area contributed by atoms with E-state index in [0.717, 1.165) is 21.6 Å². The molecule has 0 atom stereocenters. The minimum Gasteiger partial charge on any atom is -0.468 e. The first kappa shape index (κ1) is 18.6. The van der Waals surface area contributed by atoms with Crippen LogP contribution in [0.4, 0.5) is 0 Å². The Labute approximate surface area is 146 Å². The van der Waals surface area contributed by atoms with E-state index in [0.29, 0.717) is 12.1 Å². The highest BCUT2D eigenvalue weighted by atomic mass is 32.2. The van der Waals surface area contributed by atoms with E-state index >= 15 is 0 Å². The number of nitrogens with one attached hydrogen (secondary N) is 1. The molecule has 1 N–H and O–H groups in total. The number of hydrogen-bond donors (Lipinski definition) is 1. The van der Waals surface area contributed by atoms with Crippen LogP contribution in [0.5, 0.6) is 0 Å². The summed E-state index contributed by atoms with van der Waals surface area (Å²) < 4.78 is 30.3. The predicted molar refractivity (Wildman–Crippen MR) is 94.5 cm³/mol. The van der Waals surface area contributed by atoms with Crippen LogP contribution in [0.2, 0.25) is 0 Å². The minimum absolute atomic E-state index is 0.165. The molecule has 0 fully saturated rings. The highest BCUT2D eigenvalue weighted by Crippen LogP contribution is 2.14.